The minimum absolute atomic E-state index is 0.0276. The molecule has 0 saturated carbocycles. The third-order valence-corrected chi connectivity index (χ3v) is 8.44. The Kier molecular flexibility index (Phi) is 6.50. The highest BCUT2D eigenvalue weighted by Gasteiger charge is 2.57. The van der Waals surface area contributed by atoms with Crippen LogP contribution in [0.15, 0.2) is 83.0 Å². The first kappa shape index (κ1) is 26.5. The third-order valence-electron chi connectivity index (χ3n) is 8.44. The second kappa shape index (κ2) is 10.0. The monoisotopic (exact) mass is 554 g/mol. The molecule has 1 aliphatic heterocycles. The molecule has 1 fully saturated rings. The Morgan fingerprint density at radius 1 is 1.05 bits per heavy atom. The first-order chi connectivity index (χ1) is 19.7. The van der Waals surface area contributed by atoms with E-state index in [2.05, 4.69) is 0 Å². The van der Waals surface area contributed by atoms with Gasteiger partial charge in [0.1, 0.15) is 12.4 Å². The molecule has 208 valence electrons. The fourth-order valence-corrected chi connectivity index (χ4v) is 6.74. The lowest BCUT2D eigenvalue weighted by Crippen LogP contribution is -2.40. The lowest BCUT2D eigenvalue weighted by molar-refractivity contribution is -0.384. The number of imide groups is 1. The first-order valence-electron chi connectivity index (χ1n) is 13.4. The van der Waals surface area contributed by atoms with Crippen molar-refractivity contribution in [2.45, 2.75) is 25.7 Å². The van der Waals surface area contributed by atoms with E-state index >= 15 is 0 Å². The second-order valence-corrected chi connectivity index (χ2v) is 10.6. The summed E-state index contributed by atoms with van der Waals surface area (Å²) in [4.78, 5) is 66.3. The van der Waals surface area contributed by atoms with Crippen molar-refractivity contribution in [2.75, 3.05) is 18.1 Å². The third kappa shape index (κ3) is 4.13. The van der Waals surface area contributed by atoms with Gasteiger partial charge in [0, 0.05) is 40.3 Å². The number of nitrogens with zero attached hydrogens (tertiary/aromatic N) is 2. The Morgan fingerprint density at radius 3 is 2.59 bits per heavy atom. The molecular formula is C31H26N2O8. The highest BCUT2D eigenvalue weighted by molar-refractivity contribution is 6.25. The molecule has 0 spiro atoms. The van der Waals surface area contributed by atoms with Crippen LogP contribution >= 0.6 is 0 Å². The van der Waals surface area contributed by atoms with E-state index < -0.39 is 40.4 Å². The summed E-state index contributed by atoms with van der Waals surface area (Å²) in [6, 6.07) is 12.5. The Hall–Kier alpha value is -4.70. The summed E-state index contributed by atoms with van der Waals surface area (Å²) in [5, 5.41) is 20.7. The van der Waals surface area contributed by atoms with Crippen molar-refractivity contribution in [3.8, 4) is 5.75 Å². The molecule has 0 radical (unpaired) electrons. The van der Waals surface area contributed by atoms with E-state index in [1.54, 1.807) is 31.2 Å². The van der Waals surface area contributed by atoms with Crippen molar-refractivity contribution in [3.05, 3.63) is 98.7 Å². The van der Waals surface area contributed by atoms with Gasteiger partial charge in [0.2, 0.25) is 11.8 Å². The average Bonchev–Trinajstić information content (AvgIpc) is 3.23. The number of non-ortho nitro benzene ring substituents is 1. The minimum Gasteiger partial charge on any atom is -0.491 e. The molecule has 1 N–H and O–H groups in total. The number of hydrogen-bond acceptors (Lipinski definition) is 8. The number of carbonyl (C=O) groups is 4. The molecule has 0 aromatic heterocycles. The van der Waals surface area contributed by atoms with E-state index in [1.165, 1.54) is 30.3 Å². The van der Waals surface area contributed by atoms with Gasteiger partial charge in [-0.15, -0.1) is 0 Å². The zero-order chi connectivity index (χ0) is 29.0. The van der Waals surface area contributed by atoms with E-state index in [1.807, 2.05) is 6.08 Å². The summed E-state index contributed by atoms with van der Waals surface area (Å²) in [5.74, 6) is -3.78. The molecule has 10 nitrogen and oxygen atoms in total. The van der Waals surface area contributed by atoms with Crippen LogP contribution in [-0.2, 0) is 19.2 Å². The predicted molar refractivity (Wildman–Crippen MR) is 146 cm³/mol. The van der Waals surface area contributed by atoms with Crippen LogP contribution in [0.2, 0.25) is 0 Å². The van der Waals surface area contributed by atoms with Crippen molar-refractivity contribution in [2.24, 2.45) is 17.8 Å². The normalized spacial score (nSPS) is 25.4. The number of hydrogen-bond donors (Lipinski definition) is 1. The van der Waals surface area contributed by atoms with Crippen LogP contribution in [0, 0.1) is 27.9 Å². The number of fused-ring (bicyclic) bond motifs is 3. The molecule has 4 aliphatic rings. The molecule has 0 bridgehead atoms. The van der Waals surface area contributed by atoms with E-state index in [0.29, 0.717) is 28.0 Å². The van der Waals surface area contributed by atoms with Crippen molar-refractivity contribution < 1.29 is 33.9 Å². The Morgan fingerprint density at radius 2 is 1.83 bits per heavy atom. The number of Topliss-reactive ketones (excluding diaryl/α,β-unsaturated/α-hetero) is 1. The highest BCUT2D eigenvalue weighted by Crippen LogP contribution is 2.56. The zero-order valence-corrected chi connectivity index (χ0v) is 22.1. The minimum atomic E-state index is -0.807. The maximum Gasteiger partial charge on any atom is 0.271 e. The molecule has 2 aromatic rings. The Balaban J connectivity index is 1.48. The number of nitro groups is 1. The smallest absolute Gasteiger partial charge is 0.271 e. The van der Waals surface area contributed by atoms with E-state index in [9.17, 15) is 34.4 Å². The van der Waals surface area contributed by atoms with Crippen molar-refractivity contribution >= 4 is 34.8 Å². The Labute approximate surface area is 234 Å². The summed E-state index contributed by atoms with van der Waals surface area (Å²) < 4.78 is 5.82. The largest absolute Gasteiger partial charge is 0.491 e. The molecule has 6 rings (SSSR count). The number of amides is 2. The van der Waals surface area contributed by atoms with Crippen LogP contribution in [0.3, 0.4) is 0 Å². The number of anilines is 1. The van der Waals surface area contributed by atoms with Gasteiger partial charge in [0.15, 0.2) is 11.6 Å². The summed E-state index contributed by atoms with van der Waals surface area (Å²) >= 11 is 0. The van der Waals surface area contributed by atoms with Crippen LogP contribution in [0.5, 0.6) is 5.75 Å². The number of carbonyl (C=O) groups excluding carboxylic acids is 4. The van der Waals surface area contributed by atoms with Gasteiger partial charge in [0.25, 0.3) is 5.69 Å². The second-order valence-electron chi connectivity index (χ2n) is 10.6. The maximum absolute atomic E-state index is 14.0. The zero-order valence-electron chi connectivity index (χ0n) is 22.1. The molecule has 3 aliphatic carbocycles. The van der Waals surface area contributed by atoms with Gasteiger partial charge in [-0.1, -0.05) is 35.9 Å². The molecular weight excluding hydrogens is 528 g/mol. The van der Waals surface area contributed by atoms with Gasteiger partial charge in [0.05, 0.1) is 29.1 Å². The Bertz CT molecular complexity index is 1630. The standard InChI is InChI=1S/C31H26N2O8/c1-16-13-24(35)28-23(29(16)36)15-22-19(26(28)20-7-2-3-8-25(20)41-12-11-34)9-10-21-27(22)31(38)32(30(21)37)17-5-4-6-18(14-17)33(39)40/h2-9,13-14,21-22,26-27,34H,10-12,15H2,1H3. The van der Waals surface area contributed by atoms with Gasteiger partial charge in [-0.05, 0) is 43.9 Å². The van der Waals surface area contributed by atoms with E-state index in [4.69, 9.17) is 4.74 Å². The highest BCUT2D eigenvalue weighted by atomic mass is 16.6. The van der Waals surface area contributed by atoms with Crippen molar-refractivity contribution in [1.29, 1.82) is 0 Å². The lowest BCUT2D eigenvalue weighted by Gasteiger charge is -2.42. The quantitative estimate of drug-likeness (QED) is 0.188. The molecule has 10 heteroatoms. The van der Waals surface area contributed by atoms with Crippen LogP contribution in [0.4, 0.5) is 11.4 Å². The predicted octanol–water partition coefficient (Wildman–Crippen LogP) is 3.60. The number of benzene rings is 2. The van der Waals surface area contributed by atoms with Crippen LogP contribution in [0.25, 0.3) is 0 Å². The number of ketones is 2. The van der Waals surface area contributed by atoms with Crippen LogP contribution in [0.1, 0.15) is 31.2 Å². The van der Waals surface area contributed by atoms with Crippen LogP contribution < -0.4 is 9.64 Å². The molecule has 41 heavy (non-hydrogen) atoms. The number of nitro benzene ring substituents is 1. The summed E-state index contributed by atoms with van der Waals surface area (Å²) in [6.45, 7) is 1.39. The average molecular weight is 555 g/mol. The number of rotatable bonds is 6. The number of para-hydroxylation sites is 1. The molecule has 4 atom stereocenters. The van der Waals surface area contributed by atoms with Crippen molar-refractivity contribution in [3.63, 3.8) is 0 Å². The fourth-order valence-electron chi connectivity index (χ4n) is 6.74. The number of ether oxygens (including phenoxy) is 1. The topological polar surface area (TPSA) is 144 Å². The SMILES string of the molecule is CC1=CC(=O)C2=C(CC3C(=CCC4C(=O)N(c5cccc([N+](=O)[O-])c5)C(=O)C43)C2c2ccccc2OCCO)C1=O. The summed E-state index contributed by atoms with van der Waals surface area (Å²) in [7, 11) is 0. The van der Waals surface area contributed by atoms with Crippen molar-refractivity contribution in [1.82, 2.24) is 0 Å². The number of aliphatic hydroxyl groups is 1. The van der Waals surface area contributed by atoms with E-state index in [0.717, 1.165) is 10.5 Å². The lowest BCUT2D eigenvalue weighted by atomic mass is 9.59. The molecule has 1 saturated heterocycles. The van der Waals surface area contributed by atoms with Gasteiger partial charge >= 0.3 is 0 Å². The van der Waals surface area contributed by atoms with Gasteiger partial charge in [-0.3, -0.25) is 29.3 Å². The van der Waals surface area contributed by atoms with Crippen LogP contribution in [-0.4, -0.2) is 46.6 Å². The van der Waals surface area contributed by atoms with E-state index in [-0.39, 0.29) is 49.0 Å². The summed E-state index contributed by atoms with van der Waals surface area (Å²) in [6.07, 6.45) is 3.60. The first-order valence-corrected chi connectivity index (χ1v) is 13.4. The summed E-state index contributed by atoms with van der Waals surface area (Å²) in [5.41, 5.74) is 2.26. The maximum atomic E-state index is 14.0. The molecule has 1 heterocycles. The molecule has 2 aromatic carbocycles. The van der Waals surface area contributed by atoms with Gasteiger partial charge < -0.3 is 9.84 Å². The molecule has 4 unspecified atom stereocenters. The number of aliphatic hydroxyl groups excluding tert-OH is 1. The van der Waals surface area contributed by atoms with Gasteiger partial charge in [-0.25, -0.2) is 4.90 Å². The fraction of sp³-hybridized carbons (Fsp3) is 0.290. The molecule has 2 amide bonds. The number of allylic oxidation sites excluding steroid dienone is 6. The van der Waals surface area contributed by atoms with Gasteiger partial charge in [-0.2, -0.15) is 0 Å².